The summed E-state index contributed by atoms with van der Waals surface area (Å²) in [5.74, 6) is -0.0712. The van der Waals surface area contributed by atoms with Gasteiger partial charge in [-0.2, -0.15) is 13.6 Å². The number of hydrogen-bond donors (Lipinski definition) is 1. The second kappa shape index (κ2) is 6.90. The van der Waals surface area contributed by atoms with E-state index in [1.165, 1.54) is 4.80 Å². The first-order valence-corrected chi connectivity index (χ1v) is 7.86. The number of aromatic hydroxyl groups is 1. The number of alkyl halides is 2. The zero-order chi connectivity index (χ0) is 18.8. The topological polar surface area (TPSA) is 103 Å². The molecule has 4 aromatic rings. The minimum atomic E-state index is -2.80. The van der Waals surface area contributed by atoms with Crippen molar-refractivity contribution in [2.24, 2.45) is 0 Å². The molecule has 0 fully saturated rings. The van der Waals surface area contributed by atoms with Gasteiger partial charge in [0.05, 0.1) is 6.54 Å². The van der Waals surface area contributed by atoms with E-state index in [1.807, 2.05) is 0 Å². The molecule has 4 rings (SSSR count). The van der Waals surface area contributed by atoms with Gasteiger partial charge in [-0.05, 0) is 47.2 Å². The van der Waals surface area contributed by atoms with E-state index in [4.69, 9.17) is 4.42 Å². The van der Waals surface area contributed by atoms with Gasteiger partial charge in [0, 0.05) is 11.1 Å². The van der Waals surface area contributed by atoms with Gasteiger partial charge in [-0.25, -0.2) is 0 Å². The molecule has 0 saturated carbocycles. The average molecular weight is 370 g/mol. The van der Waals surface area contributed by atoms with E-state index < -0.39 is 12.3 Å². The summed E-state index contributed by atoms with van der Waals surface area (Å²) in [4.78, 5) is 1.43. The van der Waals surface area contributed by atoms with Crippen molar-refractivity contribution in [3.8, 4) is 28.6 Å². The largest absolute Gasteiger partial charge is 0.508 e. The molecular weight excluding hydrogens is 358 g/mol. The summed E-state index contributed by atoms with van der Waals surface area (Å²) >= 11 is 0. The highest BCUT2D eigenvalue weighted by molar-refractivity contribution is 5.55. The van der Waals surface area contributed by atoms with Gasteiger partial charge in [0.2, 0.25) is 11.7 Å². The van der Waals surface area contributed by atoms with Crippen LogP contribution in [-0.4, -0.2) is 35.5 Å². The summed E-state index contributed by atoms with van der Waals surface area (Å²) in [6.07, 6.45) is -2.80. The molecule has 2 aromatic carbocycles. The number of benzene rings is 2. The lowest BCUT2D eigenvalue weighted by molar-refractivity contribution is 0.116. The van der Waals surface area contributed by atoms with Crippen LogP contribution in [0.25, 0.3) is 22.8 Å². The van der Waals surface area contributed by atoms with Gasteiger partial charge in [-0.3, -0.25) is 0 Å². The van der Waals surface area contributed by atoms with Crippen molar-refractivity contribution in [2.45, 2.75) is 13.0 Å². The fourth-order valence-corrected chi connectivity index (χ4v) is 2.39. The van der Waals surface area contributed by atoms with Gasteiger partial charge in [0.15, 0.2) is 0 Å². The first-order chi connectivity index (χ1) is 13.1. The minimum Gasteiger partial charge on any atom is -0.508 e. The SMILES string of the molecule is Oc1ccc(-c2nnn(Cc3ccc(-c4nnc(C(F)F)o4)cc3)n2)cc1. The predicted octanol–water partition coefficient (Wildman–Crippen LogP) is 3.08. The molecule has 0 aliphatic rings. The standard InChI is InChI=1S/C17H12F2N6O2/c18-14(19)17-22-21-16(27-17)12-3-1-10(2-4-12)9-25-23-15(20-24-25)11-5-7-13(26)8-6-11/h1-8,14,26H,9H2. The van der Waals surface area contributed by atoms with Gasteiger partial charge >= 0.3 is 6.43 Å². The van der Waals surface area contributed by atoms with E-state index in [2.05, 4.69) is 25.6 Å². The van der Waals surface area contributed by atoms with Crippen molar-refractivity contribution in [1.82, 2.24) is 30.4 Å². The van der Waals surface area contributed by atoms with Crippen molar-refractivity contribution in [3.05, 3.63) is 60.0 Å². The second-order valence-electron chi connectivity index (χ2n) is 5.63. The molecule has 0 amide bonds. The molecule has 2 heterocycles. The van der Waals surface area contributed by atoms with E-state index in [0.29, 0.717) is 17.9 Å². The molecule has 0 saturated heterocycles. The zero-order valence-corrected chi connectivity index (χ0v) is 13.7. The van der Waals surface area contributed by atoms with Crippen LogP contribution in [0.1, 0.15) is 17.9 Å². The molecule has 0 aliphatic heterocycles. The lowest BCUT2D eigenvalue weighted by Crippen LogP contribution is -2.03. The van der Waals surface area contributed by atoms with Crippen molar-refractivity contribution in [2.75, 3.05) is 0 Å². The van der Waals surface area contributed by atoms with Crippen LogP contribution in [0.3, 0.4) is 0 Å². The van der Waals surface area contributed by atoms with Crippen LogP contribution in [0.15, 0.2) is 52.9 Å². The van der Waals surface area contributed by atoms with Gasteiger partial charge in [-0.15, -0.1) is 20.4 Å². The number of tetrazole rings is 1. The number of halogens is 2. The van der Waals surface area contributed by atoms with Gasteiger partial charge < -0.3 is 9.52 Å². The third-order valence-corrected chi connectivity index (χ3v) is 3.73. The molecule has 1 N–H and O–H groups in total. The molecule has 0 radical (unpaired) electrons. The molecule has 10 heteroatoms. The Kier molecular flexibility index (Phi) is 4.29. The molecule has 0 spiro atoms. The fraction of sp³-hybridized carbons (Fsp3) is 0.118. The highest BCUT2D eigenvalue weighted by Gasteiger charge is 2.17. The van der Waals surface area contributed by atoms with Crippen LogP contribution in [0.2, 0.25) is 0 Å². The molecular formula is C17H12F2N6O2. The molecule has 0 atom stereocenters. The number of hydrogen-bond acceptors (Lipinski definition) is 7. The Hall–Kier alpha value is -3.69. The highest BCUT2D eigenvalue weighted by atomic mass is 19.3. The fourth-order valence-electron chi connectivity index (χ4n) is 2.39. The molecule has 136 valence electrons. The number of rotatable bonds is 5. The molecule has 8 nitrogen and oxygen atoms in total. The molecule has 27 heavy (non-hydrogen) atoms. The van der Waals surface area contributed by atoms with Crippen LogP contribution in [-0.2, 0) is 6.54 Å². The van der Waals surface area contributed by atoms with Crippen molar-refractivity contribution in [3.63, 3.8) is 0 Å². The zero-order valence-electron chi connectivity index (χ0n) is 13.7. The number of phenols is 1. The van der Waals surface area contributed by atoms with Gasteiger partial charge in [0.25, 0.3) is 5.89 Å². The van der Waals surface area contributed by atoms with E-state index in [9.17, 15) is 13.9 Å². The van der Waals surface area contributed by atoms with Gasteiger partial charge in [-0.1, -0.05) is 12.1 Å². The lowest BCUT2D eigenvalue weighted by Gasteiger charge is -2.01. The van der Waals surface area contributed by atoms with Crippen molar-refractivity contribution in [1.29, 1.82) is 0 Å². The smallest absolute Gasteiger partial charge is 0.314 e. The number of phenolic OH excluding ortho intramolecular Hbond substituents is 1. The molecule has 0 unspecified atom stereocenters. The first-order valence-electron chi connectivity index (χ1n) is 7.86. The Morgan fingerprint density at radius 2 is 1.63 bits per heavy atom. The normalized spacial score (nSPS) is 11.2. The maximum Gasteiger partial charge on any atom is 0.314 e. The number of nitrogens with zero attached hydrogens (tertiary/aromatic N) is 6. The Morgan fingerprint density at radius 3 is 2.30 bits per heavy atom. The Bertz CT molecular complexity index is 1040. The Labute approximate surface area is 151 Å². The summed E-state index contributed by atoms with van der Waals surface area (Å²) in [7, 11) is 0. The van der Waals surface area contributed by atoms with Crippen LogP contribution in [0.5, 0.6) is 5.75 Å². The second-order valence-corrected chi connectivity index (χ2v) is 5.63. The minimum absolute atomic E-state index is 0.0327. The van der Waals surface area contributed by atoms with E-state index >= 15 is 0 Å². The monoisotopic (exact) mass is 370 g/mol. The van der Waals surface area contributed by atoms with Crippen molar-refractivity contribution >= 4 is 0 Å². The Balaban J connectivity index is 1.48. The van der Waals surface area contributed by atoms with Crippen LogP contribution in [0, 0.1) is 0 Å². The van der Waals surface area contributed by atoms with Crippen molar-refractivity contribution < 1.29 is 18.3 Å². The molecule has 0 aliphatic carbocycles. The molecule has 2 aromatic heterocycles. The quantitative estimate of drug-likeness (QED) is 0.576. The third-order valence-electron chi connectivity index (χ3n) is 3.73. The average Bonchev–Trinajstić information content (AvgIpc) is 3.33. The highest BCUT2D eigenvalue weighted by Crippen LogP contribution is 2.23. The predicted molar refractivity (Wildman–Crippen MR) is 88.7 cm³/mol. The summed E-state index contributed by atoms with van der Waals surface area (Å²) in [5.41, 5.74) is 2.15. The Morgan fingerprint density at radius 1 is 0.926 bits per heavy atom. The summed E-state index contributed by atoms with van der Waals surface area (Å²) in [6.45, 7) is 0.373. The third kappa shape index (κ3) is 3.64. The maximum atomic E-state index is 12.5. The maximum absolute atomic E-state index is 12.5. The van der Waals surface area contributed by atoms with Gasteiger partial charge in [0.1, 0.15) is 5.75 Å². The summed E-state index contributed by atoms with van der Waals surface area (Å²) in [6, 6.07) is 13.4. The van der Waals surface area contributed by atoms with E-state index in [1.54, 1.807) is 48.5 Å². The van der Waals surface area contributed by atoms with E-state index in [-0.39, 0.29) is 11.6 Å². The first kappa shape index (κ1) is 16.8. The van der Waals surface area contributed by atoms with Crippen LogP contribution < -0.4 is 0 Å². The summed E-state index contributed by atoms with van der Waals surface area (Å²) < 4.78 is 30.0. The lowest BCUT2D eigenvalue weighted by atomic mass is 10.1. The molecule has 0 bridgehead atoms. The van der Waals surface area contributed by atoms with Crippen LogP contribution >= 0.6 is 0 Å². The number of aromatic nitrogens is 6. The van der Waals surface area contributed by atoms with Crippen LogP contribution in [0.4, 0.5) is 8.78 Å². The van der Waals surface area contributed by atoms with E-state index in [0.717, 1.165) is 11.1 Å². The summed E-state index contributed by atoms with van der Waals surface area (Å²) in [5, 5.41) is 28.5.